The molecule has 0 amide bonds. The second-order valence-corrected chi connectivity index (χ2v) is 16.4. The van der Waals surface area contributed by atoms with Crippen LogP contribution in [-0.4, -0.2) is 40.0 Å². The predicted molar refractivity (Wildman–Crippen MR) is 202 cm³/mol. The Kier molecular flexibility index (Phi) is 13.0. The third-order valence-corrected chi connectivity index (χ3v) is 12.8. The number of hydrogen-bond donors (Lipinski definition) is 0. The quantitative estimate of drug-likeness (QED) is 0.126. The summed E-state index contributed by atoms with van der Waals surface area (Å²) in [5.74, 6) is 0.593. The first-order valence-corrected chi connectivity index (χ1v) is 18.5. The fourth-order valence-corrected chi connectivity index (χ4v) is 9.39. The minimum Gasteiger partial charge on any atom is -0.300 e. The summed E-state index contributed by atoms with van der Waals surface area (Å²) in [5, 5.41) is 2.97. The Morgan fingerprint density at radius 3 is 1.12 bits per heavy atom. The highest BCUT2D eigenvalue weighted by molar-refractivity contribution is 9.10. The third kappa shape index (κ3) is 9.59. The van der Waals surface area contributed by atoms with Crippen LogP contribution in [0.4, 0.5) is 0 Å². The van der Waals surface area contributed by atoms with Gasteiger partial charge in [0.25, 0.3) is 0 Å². The molecule has 4 aromatic carbocycles. The van der Waals surface area contributed by atoms with E-state index in [1.165, 1.54) is 21.7 Å². The summed E-state index contributed by atoms with van der Waals surface area (Å²) in [7, 11) is -2.12. The van der Waals surface area contributed by atoms with Gasteiger partial charge in [0.2, 0.25) is 0 Å². The maximum atomic E-state index is 11.8. The number of halogens is 2. The van der Waals surface area contributed by atoms with Crippen molar-refractivity contribution in [2.45, 2.75) is 38.0 Å². The average Bonchev–Trinajstić information content (AvgIpc) is 2.97. The van der Waals surface area contributed by atoms with Crippen molar-refractivity contribution in [1.29, 1.82) is 0 Å². The number of hydrogen-bond acceptors (Lipinski definition) is 2. The van der Waals surface area contributed by atoms with Crippen molar-refractivity contribution in [3.05, 3.63) is 129 Å². The van der Waals surface area contributed by atoms with Crippen LogP contribution in [0.25, 0.3) is 0 Å². The van der Waals surface area contributed by atoms with E-state index in [1.807, 2.05) is 0 Å². The van der Waals surface area contributed by atoms with Crippen LogP contribution in [0.1, 0.15) is 49.1 Å². The van der Waals surface area contributed by atoms with Crippen LogP contribution >= 0.6 is 46.1 Å². The van der Waals surface area contributed by atoms with Gasteiger partial charge >= 0.3 is 0 Å². The van der Waals surface area contributed by atoms with Gasteiger partial charge in [-0.2, -0.15) is 0 Å². The Labute approximate surface area is 272 Å². The molecule has 0 fully saturated rings. The lowest BCUT2D eigenvalue weighted by Crippen LogP contribution is -2.19. The van der Waals surface area contributed by atoms with Crippen molar-refractivity contribution in [3.8, 4) is 0 Å². The maximum absolute atomic E-state index is 11.8. The SMILES string of the molecule is [BH3-][P+](C)(c1ccccc1)[C@@H](CC(C)=O)c1ccc(Br)cc1.[BH3-][P+](C)(c1ccccc1)[C@@H](CC(C)=O)c1ccc(Br)cc1. The van der Waals surface area contributed by atoms with Gasteiger partial charge in [-0.05, 0) is 73.5 Å². The lowest BCUT2D eigenvalue weighted by Gasteiger charge is -2.34. The van der Waals surface area contributed by atoms with Gasteiger partial charge in [-0.25, -0.2) is 0 Å². The third-order valence-electron chi connectivity index (χ3n) is 6.73. The van der Waals surface area contributed by atoms with Gasteiger partial charge in [-0.15, -0.1) is 14.3 Å². The number of ketones is 2. The zero-order valence-electron chi connectivity index (χ0n) is 23.4. The first-order chi connectivity index (χ1) is 19.8. The number of carbonyl (C=O) groups is 2. The zero-order valence-corrected chi connectivity index (χ0v) is 28.4. The minimum atomic E-state index is -1.18. The second kappa shape index (κ2) is 15.8. The molecule has 0 saturated carbocycles. The molecule has 8 heteroatoms. The summed E-state index contributed by atoms with van der Waals surface area (Å²) < 4.78 is 2.19. The van der Waals surface area contributed by atoms with Crippen molar-refractivity contribution in [3.63, 3.8) is 0 Å². The van der Waals surface area contributed by atoms with Crippen LogP contribution in [0, 0.1) is 0 Å². The van der Waals surface area contributed by atoms with Crippen LogP contribution in [0.5, 0.6) is 0 Å². The minimum absolute atomic E-state index is 0.123. The van der Waals surface area contributed by atoms with Gasteiger partial charge in [-0.1, -0.05) is 92.5 Å². The molecule has 0 N–H and O–H groups in total. The summed E-state index contributed by atoms with van der Waals surface area (Å²) in [5.41, 5.74) is 3.43. The van der Waals surface area contributed by atoms with Gasteiger partial charge < -0.3 is 0 Å². The van der Waals surface area contributed by atoms with E-state index < -0.39 is 14.3 Å². The summed E-state index contributed by atoms with van der Waals surface area (Å²) in [6.45, 7) is 8.32. The van der Waals surface area contributed by atoms with Gasteiger partial charge in [0, 0.05) is 45.7 Å². The molecule has 0 aliphatic carbocycles. The number of carbonyl (C=O) groups excluding carboxylic acids is 2. The van der Waals surface area contributed by atoms with E-state index in [-0.39, 0.29) is 15.1 Å². The highest BCUT2D eigenvalue weighted by atomic mass is 79.9. The molecule has 2 unspecified atom stereocenters. The Balaban J connectivity index is 0.000000230. The average molecular weight is 726 g/mol. The van der Waals surface area contributed by atoms with E-state index in [1.54, 1.807) is 13.8 Å². The molecule has 0 saturated heterocycles. The smallest absolute Gasteiger partial charge is 0.133 e. The number of Topliss-reactive ketones (excluding diaryl/α,β-unsaturated/α-hetero) is 2. The number of benzene rings is 4. The van der Waals surface area contributed by atoms with Crippen molar-refractivity contribution in [2.24, 2.45) is 0 Å². The van der Waals surface area contributed by atoms with Crippen molar-refractivity contribution < 1.29 is 9.59 Å². The normalized spacial score (nSPS) is 15.2. The van der Waals surface area contributed by atoms with E-state index in [2.05, 4.69) is 154 Å². The summed E-state index contributed by atoms with van der Waals surface area (Å²) in [6, 6.07) is 38.8. The second-order valence-electron chi connectivity index (χ2n) is 9.84. The van der Waals surface area contributed by atoms with Crippen molar-refractivity contribution in [2.75, 3.05) is 13.3 Å². The molecule has 0 aliphatic heterocycles. The molecule has 4 atom stereocenters. The largest absolute Gasteiger partial charge is 0.300 e. The van der Waals surface area contributed by atoms with E-state index in [0.717, 1.165) is 8.95 Å². The Hall–Kier alpha value is -1.83. The molecule has 0 spiro atoms. The van der Waals surface area contributed by atoms with Crippen LogP contribution in [0.15, 0.2) is 118 Å². The standard InChI is InChI=1S/2C17H21BBrOP/c2*1-13(20)12-17(14-8-10-15(19)11-9-14)21(2,18)16-6-4-3-5-7-16/h2*3-11,17H,12H2,1-2,18H3/t2*17-,21?/m00/s1. The Morgan fingerprint density at radius 1 is 0.571 bits per heavy atom. The zero-order chi connectivity index (χ0) is 30.9. The molecule has 0 aromatic heterocycles. The first-order valence-electron chi connectivity index (χ1n) is 13.2. The number of rotatable bonds is 10. The molecular weight excluding hydrogens is 684 g/mol. The van der Waals surface area contributed by atoms with Crippen LogP contribution in [0.2, 0.25) is 0 Å². The van der Waals surface area contributed by atoms with Gasteiger partial charge in [-0.3, -0.25) is 9.59 Å². The molecule has 42 heavy (non-hydrogen) atoms. The molecule has 0 aliphatic rings. The van der Waals surface area contributed by atoms with Crippen molar-refractivity contribution >= 4 is 83.4 Å². The van der Waals surface area contributed by atoms with E-state index in [0.29, 0.717) is 35.7 Å². The summed E-state index contributed by atoms with van der Waals surface area (Å²) in [6.07, 6.45) is 1.34. The van der Waals surface area contributed by atoms with E-state index in [9.17, 15) is 9.59 Å². The van der Waals surface area contributed by atoms with Gasteiger partial charge in [0.1, 0.15) is 26.7 Å². The Bertz CT molecular complexity index is 1330. The highest BCUT2D eigenvalue weighted by Gasteiger charge is 2.35. The molecule has 0 heterocycles. The van der Waals surface area contributed by atoms with Gasteiger partial charge in [0.15, 0.2) is 0 Å². The molecule has 2 nitrogen and oxygen atoms in total. The predicted octanol–water partition coefficient (Wildman–Crippen LogP) is 7.45. The Morgan fingerprint density at radius 2 is 0.857 bits per heavy atom. The maximum Gasteiger partial charge on any atom is 0.133 e. The monoisotopic (exact) mass is 724 g/mol. The van der Waals surface area contributed by atoms with E-state index >= 15 is 0 Å². The summed E-state index contributed by atoms with van der Waals surface area (Å²) >= 11 is 7.00. The lowest BCUT2D eigenvalue weighted by molar-refractivity contribution is -0.117. The van der Waals surface area contributed by atoms with Crippen LogP contribution < -0.4 is 10.6 Å². The topological polar surface area (TPSA) is 34.1 Å². The van der Waals surface area contributed by atoms with Crippen molar-refractivity contribution in [1.82, 2.24) is 0 Å². The summed E-state index contributed by atoms with van der Waals surface area (Å²) in [4.78, 5) is 23.6. The molecule has 220 valence electrons. The molecule has 4 rings (SSSR count). The van der Waals surface area contributed by atoms with Crippen LogP contribution in [-0.2, 0) is 9.59 Å². The lowest BCUT2D eigenvalue weighted by atomic mass is 10.1. The van der Waals surface area contributed by atoms with E-state index in [4.69, 9.17) is 0 Å². The molecular formula is C34H42B2Br2O2P2. The van der Waals surface area contributed by atoms with Gasteiger partial charge in [0.05, 0.1) is 11.3 Å². The molecule has 0 radical (unpaired) electrons. The molecule has 4 aromatic rings. The molecule has 0 bridgehead atoms. The fraction of sp³-hybridized carbons (Fsp3) is 0.235. The highest BCUT2D eigenvalue weighted by Crippen LogP contribution is 2.64. The van der Waals surface area contributed by atoms with Crippen LogP contribution in [0.3, 0.4) is 0 Å². The fourth-order valence-electron chi connectivity index (χ4n) is 4.56. The first kappa shape index (κ1) is 34.7.